The molecule has 0 aliphatic heterocycles. The maximum Gasteiger partial charge on any atom is 0.261 e. The van der Waals surface area contributed by atoms with E-state index in [1.807, 2.05) is 77.3 Å². The molecule has 30 heavy (non-hydrogen) atoms. The van der Waals surface area contributed by atoms with Crippen molar-refractivity contribution in [2.75, 3.05) is 7.11 Å². The first-order valence-electron chi connectivity index (χ1n) is 9.48. The van der Waals surface area contributed by atoms with Gasteiger partial charge in [-0.3, -0.25) is 9.36 Å². The van der Waals surface area contributed by atoms with Gasteiger partial charge < -0.3 is 4.74 Å². The molecular weight excluding hydrogens is 398 g/mol. The molecule has 0 spiro atoms. The van der Waals surface area contributed by atoms with Crippen molar-refractivity contribution in [3.8, 4) is 28.1 Å². The van der Waals surface area contributed by atoms with Gasteiger partial charge >= 0.3 is 0 Å². The summed E-state index contributed by atoms with van der Waals surface area (Å²) in [5.74, 6) is 0.800. The third-order valence-electron chi connectivity index (χ3n) is 5.34. The second kappa shape index (κ2) is 7.04. The van der Waals surface area contributed by atoms with Gasteiger partial charge in [-0.15, -0.1) is 0 Å². The fourth-order valence-electron chi connectivity index (χ4n) is 3.71. The molecule has 0 amide bonds. The number of aromatic nitrogens is 3. The van der Waals surface area contributed by atoms with Crippen LogP contribution < -0.4 is 10.3 Å². The van der Waals surface area contributed by atoms with Gasteiger partial charge in [0.25, 0.3) is 5.56 Å². The maximum absolute atomic E-state index is 13.0. The Balaban J connectivity index is 1.76. The van der Waals surface area contributed by atoms with Crippen LogP contribution in [0, 0.1) is 0 Å². The first kappa shape index (κ1) is 18.5. The molecule has 148 valence electrons. The number of aryl methyl sites for hydroxylation is 1. The van der Waals surface area contributed by atoms with Crippen LogP contribution in [0.25, 0.3) is 38.9 Å². The van der Waals surface area contributed by atoms with E-state index in [0.717, 1.165) is 33.7 Å². The van der Waals surface area contributed by atoms with E-state index in [2.05, 4.69) is 0 Å². The Labute approximate surface area is 177 Å². The van der Waals surface area contributed by atoms with E-state index in [1.165, 1.54) is 0 Å². The first-order valence-corrected chi connectivity index (χ1v) is 9.86. The molecule has 0 N–H and O–H groups in total. The normalized spacial score (nSPS) is 11.3. The number of hydrogen-bond acceptors (Lipinski definition) is 3. The molecule has 3 aromatic carbocycles. The van der Waals surface area contributed by atoms with Gasteiger partial charge in [-0.1, -0.05) is 41.9 Å². The van der Waals surface area contributed by atoms with Crippen molar-refractivity contribution in [1.29, 1.82) is 0 Å². The number of ether oxygens (including phenoxy) is 1. The molecule has 6 heteroatoms. The van der Waals surface area contributed by atoms with Crippen LogP contribution in [0.1, 0.15) is 0 Å². The van der Waals surface area contributed by atoms with Crippen molar-refractivity contribution < 1.29 is 4.74 Å². The summed E-state index contributed by atoms with van der Waals surface area (Å²) < 4.78 is 8.69. The average molecular weight is 416 g/mol. The predicted octanol–water partition coefficient (Wildman–Crippen LogP) is 5.18. The molecule has 5 aromatic rings. The van der Waals surface area contributed by atoms with Crippen molar-refractivity contribution in [2.24, 2.45) is 7.05 Å². The zero-order chi connectivity index (χ0) is 20.8. The molecule has 2 heterocycles. The van der Waals surface area contributed by atoms with E-state index in [0.29, 0.717) is 16.1 Å². The summed E-state index contributed by atoms with van der Waals surface area (Å²) >= 11 is 6.16. The molecular formula is C24H18ClN3O2. The van der Waals surface area contributed by atoms with Crippen LogP contribution in [0.15, 0.2) is 77.6 Å². The number of hydrogen-bond donors (Lipinski definition) is 0. The summed E-state index contributed by atoms with van der Waals surface area (Å²) in [4.78, 5) is 13.0. The molecule has 0 unspecified atom stereocenters. The number of methoxy groups -OCH3 is 1. The smallest absolute Gasteiger partial charge is 0.261 e. The highest BCUT2D eigenvalue weighted by Crippen LogP contribution is 2.28. The lowest BCUT2D eigenvalue weighted by atomic mass is 10.0. The van der Waals surface area contributed by atoms with E-state index in [-0.39, 0.29) is 5.56 Å². The van der Waals surface area contributed by atoms with Gasteiger partial charge in [0.1, 0.15) is 11.4 Å². The third-order valence-corrected chi connectivity index (χ3v) is 5.57. The third kappa shape index (κ3) is 2.95. The number of rotatable bonds is 3. The maximum atomic E-state index is 13.0. The van der Waals surface area contributed by atoms with Crippen LogP contribution in [0.5, 0.6) is 5.75 Å². The van der Waals surface area contributed by atoms with Gasteiger partial charge in [0, 0.05) is 23.7 Å². The Bertz CT molecular complexity index is 1470. The lowest BCUT2D eigenvalue weighted by molar-refractivity contribution is 0.415. The van der Waals surface area contributed by atoms with Gasteiger partial charge in [-0.2, -0.15) is 5.10 Å². The molecule has 2 aromatic heterocycles. The number of benzene rings is 3. The summed E-state index contributed by atoms with van der Waals surface area (Å²) in [6.07, 6.45) is 0. The fraction of sp³-hybridized carbons (Fsp3) is 0.0833. The van der Waals surface area contributed by atoms with E-state index in [9.17, 15) is 4.79 Å². The number of halogens is 1. The van der Waals surface area contributed by atoms with Crippen molar-refractivity contribution in [2.45, 2.75) is 0 Å². The monoisotopic (exact) mass is 415 g/mol. The van der Waals surface area contributed by atoms with Crippen LogP contribution >= 0.6 is 11.6 Å². The second-order valence-electron chi connectivity index (χ2n) is 7.13. The van der Waals surface area contributed by atoms with E-state index in [1.54, 1.807) is 18.7 Å². The number of fused-ring (bicyclic) bond motifs is 3. The Morgan fingerprint density at radius 2 is 1.67 bits per heavy atom. The van der Waals surface area contributed by atoms with Crippen molar-refractivity contribution in [3.63, 3.8) is 0 Å². The quantitative estimate of drug-likeness (QED) is 0.408. The van der Waals surface area contributed by atoms with Crippen LogP contribution in [0.4, 0.5) is 0 Å². The Morgan fingerprint density at radius 1 is 0.900 bits per heavy atom. The second-order valence-corrected chi connectivity index (χ2v) is 7.57. The standard InChI is InChI=1S/C24H18ClN3O2/c1-27-23-14-21(17-4-3-5-18(25)12-17)26-28(23)22-13-16(8-11-20(22)24(27)29)15-6-9-19(30-2)10-7-15/h3-14H,1-2H3. The lowest BCUT2D eigenvalue weighted by Crippen LogP contribution is -2.19. The molecule has 5 rings (SSSR count). The van der Waals surface area contributed by atoms with Crippen LogP contribution in [-0.4, -0.2) is 21.3 Å². The fourth-order valence-corrected chi connectivity index (χ4v) is 3.90. The van der Waals surface area contributed by atoms with E-state index >= 15 is 0 Å². The molecule has 0 atom stereocenters. The van der Waals surface area contributed by atoms with Gasteiger partial charge in [0.05, 0.1) is 23.7 Å². The molecule has 0 bridgehead atoms. The molecule has 0 aliphatic rings. The molecule has 5 nitrogen and oxygen atoms in total. The van der Waals surface area contributed by atoms with Crippen LogP contribution in [0.3, 0.4) is 0 Å². The van der Waals surface area contributed by atoms with Crippen molar-refractivity contribution in [3.05, 3.63) is 88.2 Å². The molecule has 0 aliphatic carbocycles. The minimum Gasteiger partial charge on any atom is -0.497 e. The molecule has 0 fully saturated rings. The highest BCUT2D eigenvalue weighted by atomic mass is 35.5. The average Bonchev–Trinajstić information content (AvgIpc) is 3.23. The summed E-state index contributed by atoms with van der Waals surface area (Å²) in [7, 11) is 3.41. The SMILES string of the molecule is COc1ccc(-c2ccc3c(=O)n(C)c4cc(-c5cccc(Cl)c5)nn4c3c2)cc1. The molecule has 0 saturated carbocycles. The minimum absolute atomic E-state index is 0.0590. The van der Waals surface area contributed by atoms with Gasteiger partial charge in [-0.05, 0) is 47.5 Å². The number of nitrogens with zero attached hydrogens (tertiary/aromatic N) is 3. The van der Waals surface area contributed by atoms with E-state index < -0.39 is 0 Å². The lowest BCUT2D eigenvalue weighted by Gasteiger charge is -2.09. The zero-order valence-electron chi connectivity index (χ0n) is 16.5. The first-order chi connectivity index (χ1) is 14.5. The molecule has 0 radical (unpaired) electrons. The zero-order valence-corrected chi connectivity index (χ0v) is 17.2. The minimum atomic E-state index is -0.0590. The summed E-state index contributed by atoms with van der Waals surface area (Å²) in [6.45, 7) is 0. The van der Waals surface area contributed by atoms with Gasteiger partial charge in [0.2, 0.25) is 0 Å². The Morgan fingerprint density at radius 3 is 2.40 bits per heavy atom. The van der Waals surface area contributed by atoms with E-state index in [4.69, 9.17) is 21.4 Å². The predicted molar refractivity (Wildman–Crippen MR) is 120 cm³/mol. The van der Waals surface area contributed by atoms with Crippen LogP contribution in [-0.2, 0) is 7.05 Å². The summed E-state index contributed by atoms with van der Waals surface area (Å²) in [5, 5.41) is 6.05. The Kier molecular flexibility index (Phi) is 4.33. The summed E-state index contributed by atoms with van der Waals surface area (Å²) in [6, 6.07) is 23.1. The van der Waals surface area contributed by atoms with Gasteiger partial charge in [0.15, 0.2) is 0 Å². The molecule has 0 saturated heterocycles. The summed E-state index contributed by atoms with van der Waals surface area (Å²) in [5.41, 5.74) is 5.11. The largest absolute Gasteiger partial charge is 0.497 e. The van der Waals surface area contributed by atoms with Crippen LogP contribution in [0.2, 0.25) is 5.02 Å². The Hall–Kier alpha value is -3.57. The highest BCUT2D eigenvalue weighted by Gasteiger charge is 2.14. The van der Waals surface area contributed by atoms with Crippen molar-refractivity contribution >= 4 is 28.2 Å². The highest BCUT2D eigenvalue weighted by molar-refractivity contribution is 6.30. The topological polar surface area (TPSA) is 48.5 Å². The van der Waals surface area contributed by atoms with Gasteiger partial charge in [-0.25, -0.2) is 4.52 Å². The van der Waals surface area contributed by atoms with Crippen molar-refractivity contribution in [1.82, 2.24) is 14.2 Å².